The van der Waals surface area contributed by atoms with Crippen LogP contribution in [0.4, 0.5) is 16.4 Å². The van der Waals surface area contributed by atoms with Crippen molar-refractivity contribution in [2.24, 2.45) is 0 Å². The normalized spacial score (nSPS) is 25.0. The van der Waals surface area contributed by atoms with Gasteiger partial charge in [-0.1, -0.05) is 0 Å². The van der Waals surface area contributed by atoms with Crippen molar-refractivity contribution in [2.75, 3.05) is 37.9 Å². The Morgan fingerprint density at radius 2 is 1.34 bits per heavy atom. The molecule has 4 atom stereocenters. The molecule has 0 bridgehead atoms. The van der Waals surface area contributed by atoms with Crippen LogP contribution < -0.4 is 22.8 Å². The van der Waals surface area contributed by atoms with Gasteiger partial charge in [-0.25, -0.2) is 14.4 Å². The van der Waals surface area contributed by atoms with Crippen LogP contribution in [-0.2, 0) is 28.4 Å². The number of hydrogen-bond acceptors (Lipinski definition) is 13. The first kappa shape index (κ1) is 21.7. The molecule has 2 saturated heterocycles. The number of hydrogen-bond donors (Lipinski definition) is 2. The Bertz CT molecular complexity index is 1010. The van der Waals surface area contributed by atoms with Crippen molar-refractivity contribution in [3.63, 3.8) is 0 Å². The highest BCUT2D eigenvalue weighted by molar-refractivity contribution is 5.59. The van der Waals surface area contributed by atoms with Crippen molar-refractivity contribution in [3.8, 4) is 0 Å². The van der Waals surface area contributed by atoms with E-state index in [2.05, 4.69) is 9.97 Å². The number of nitrogen functional groups attached to an aromatic ring is 2. The third kappa shape index (κ3) is 5.02. The van der Waals surface area contributed by atoms with Gasteiger partial charge in [-0.2, -0.15) is 9.97 Å². The molecule has 0 spiro atoms. The van der Waals surface area contributed by atoms with Crippen molar-refractivity contribution >= 4 is 17.8 Å². The van der Waals surface area contributed by atoms with Crippen LogP contribution in [0.2, 0.25) is 0 Å². The molecule has 2 aromatic rings. The fourth-order valence-corrected chi connectivity index (χ4v) is 2.96. The van der Waals surface area contributed by atoms with Crippen molar-refractivity contribution in [2.45, 2.75) is 25.0 Å². The molecular weight excluding hydrogens is 432 g/mol. The van der Waals surface area contributed by atoms with Gasteiger partial charge in [0, 0.05) is 12.4 Å². The van der Waals surface area contributed by atoms with E-state index in [1.54, 1.807) is 0 Å². The zero-order valence-corrected chi connectivity index (χ0v) is 16.6. The van der Waals surface area contributed by atoms with Crippen LogP contribution in [0, 0.1) is 0 Å². The molecule has 32 heavy (non-hydrogen) atoms. The predicted octanol–water partition coefficient (Wildman–Crippen LogP) is -1.44. The van der Waals surface area contributed by atoms with Gasteiger partial charge in [0.2, 0.25) is 0 Å². The lowest BCUT2D eigenvalue weighted by atomic mass is 10.5. The molecule has 4 unspecified atom stereocenters. The summed E-state index contributed by atoms with van der Waals surface area (Å²) in [6.07, 6.45) is -1.41. The minimum absolute atomic E-state index is 0.0546. The minimum Gasteiger partial charge on any atom is -0.429 e. The van der Waals surface area contributed by atoms with Gasteiger partial charge in [0.15, 0.2) is 25.0 Å². The summed E-state index contributed by atoms with van der Waals surface area (Å²) in [6.45, 7) is -0.430. The number of ether oxygens (including phenoxy) is 6. The smallest absolute Gasteiger partial charge is 0.429 e. The topological polar surface area (TPSA) is 194 Å². The quantitative estimate of drug-likeness (QED) is 0.484. The fraction of sp³-hybridized carbons (Fsp3) is 0.471. The molecule has 0 amide bonds. The summed E-state index contributed by atoms with van der Waals surface area (Å²) >= 11 is 0. The Morgan fingerprint density at radius 1 is 0.906 bits per heavy atom. The fourth-order valence-electron chi connectivity index (χ4n) is 2.96. The van der Waals surface area contributed by atoms with Crippen LogP contribution in [0.3, 0.4) is 0 Å². The number of aromatic nitrogens is 4. The number of carbonyl (C=O) groups excluding carboxylic acids is 1. The molecule has 4 heterocycles. The summed E-state index contributed by atoms with van der Waals surface area (Å²) in [4.78, 5) is 42.7. The third-order valence-corrected chi connectivity index (χ3v) is 4.47. The lowest BCUT2D eigenvalue weighted by molar-refractivity contribution is -0.124. The van der Waals surface area contributed by atoms with E-state index in [0.29, 0.717) is 0 Å². The van der Waals surface area contributed by atoms with Crippen LogP contribution in [0.25, 0.3) is 0 Å². The van der Waals surface area contributed by atoms with E-state index < -0.39 is 42.6 Å². The van der Waals surface area contributed by atoms with E-state index in [1.807, 2.05) is 0 Å². The average molecular weight is 452 g/mol. The Kier molecular flexibility index (Phi) is 6.31. The van der Waals surface area contributed by atoms with Gasteiger partial charge in [-0.3, -0.25) is 9.13 Å². The molecule has 4 N–H and O–H groups in total. The molecule has 172 valence electrons. The highest BCUT2D eigenvalue weighted by Crippen LogP contribution is 2.21. The van der Waals surface area contributed by atoms with E-state index in [1.165, 1.54) is 33.7 Å². The maximum Gasteiger partial charge on any atom is 0.508 e. The summed E-state index contributed by atoms with van der Waals surface area (Å²) < 4.78 is 34.0. The first-order valence-electron chi connectivity index (χ1n) is 9.42. The zero-order valence-electron chi connectivity index (χ0n) is 16.6. The molecule has 2 aromatic heterocycles. The Hall–Kier alpha value is -3.53. The molecule has 15 nitrogen and oxygen atoms in total. The molecule has 2 fully saturated rings. The van der Waals surface area contributed by atoms with Crippen molar-refractivity contribution < 1.29 is 33.2 Å². The molecular formula is C17H20N6O9. The van der Waals surface area contributed by atoms with Crippen LogP contribution in [0.5, 0.6) is 0 Å². The minimum atomic E-state index is -1.01. The number of nitrogens with zero attached hydrogens (tertiary/aromatic N) is 4. The number of rotatable bonds is 6. The van der Waals surface area contributed by atoms with E-state index in [-0.39, 0.29) is 38.1 Å². The van der Waals surface area contributed by atoms with Gasteiger partial charge in [-0.05, 0) is 12.1 Å². The van der Waals surface area contributed by atoms with Crippen molar-refractivity contribution in [3.05, 3.63) is 45.5 Å². The maximum atomic E-state index is 11.8. The van der Waals surface area contributed by atoms with E-state index in [0.717, 1.165) is 0 Å². The lowest BCUT2D eigenvalue weighted by Gasteiger charge is -2.15. The first-order valence-corrected chi connectivity index (χ1v) is 9.42. The number of carbonyl (C=O) groups is 1. The Morgan fingerprint density at radius 3 is 1.75 bits per heavy atom. The number of anilines is 2. The van der Waals surface area contributed by atoms with E-state index in [4.69, 9.17) is 39.9 Å². The Labute approximate surface area is 179 Å². The molecule has 2 aliphatic rings. The van der Waals surface area contributed by atoms with E-state index in [9.17, 15) is 14.4 Å². The second kappa shape index (κ2) is 9.31. The van der Waals surface area contributed by atoms with Gasteiger partial charge in [0.1, 0.15) is 24.8 Å². The molecule has 0 saturated carbocycles. The summed E-state index contributed by atoms with van der Waals surface area (Å²) in [5.41, 5.74) is 9.72. The van der Waals surface area contributed by atoms with Crippen LogP contribution >= 0.6 is 0 Å². The van der Waals surface area contributed by atoms with Gasteiger partial charge in [0.05, 0.1) is 13.2 Å². The molecule has 0 aliphatic carbocycles. The van der Waals surface area contributed by atoms with Gasteiger partial charge < -0.3 is 39.9 Å². The SMILES string of the molecule is Nc1ccn(C2COC(COC(=O)OCC3OCC(n4ccc(N)nc4=O)O3)O2)c(=O)n1. The van der Waals surface area contributed by atoms with Gasteiger partial charge in [0.25, 0.3) is 0 Å². The average Bonchev–Trinajstić information content (AvgIpc) is 3.40. The third-order valence-electron chi connectivity index (χ3n) is 4.47. The molecule has 0 radical (unpaired) electrons. The summed E-state index contributed by atoms with van der Waals surface area (Å²) in [6, 6.07) is 2.90. The standard InChI is InChI=1S/C17H20N6O9/c18-9-1-3-22(15(24)20-9)11-5-27-13(31-11)7-29-17(26)30-8-14-28-6-12(32-14)23-4-2-10(19)21-16(23)25/h1-4,11-14H,5-8H2,(H2,18,20,24)(H2,19,21,25). The largest absolute Gasteiger partial charge is 0.508 e. The highest BCUT2D eigenvalue weighted by atomic mass is 16.8. The summed E-state index contributed by atoms with van der Waals surface area (Å²) in [5, 5.41) is 0. The second-order valence-corrected chi connectivity index (χ2v) is 6.66. The van der Waals surface area contributed by atoms with Crippen molar-refractivity contribution in [1.82, 2.24) is 19.1 Å². The monoisotopic (exact) mass is 452 g/mol. The highest BCUT2D eigenvalue weighted by Gasteiger charge is 2.31. The first-order chi connectivity index (χ1) is 15.4. The summed E-state index contributed by atoms with van der Waals surface area (Å²) in [5.74, 6) is 0.179. The van der Waals surface area contributed by atoms with Crippen molar-refractivity contribution in [1.29, 1.82) is 0 Å². The van der Waals surface area contributed by atoms with Gasteiger partial charge in [-0.15, -0.1) is 0 Å². The molecule has 0 aromatic carbocycles. The number of nitrogens with two attached hydrogens (primary N) is 2. The van der Waals surface area contributed by atoms with Gasteiger partial charge >= 0.3 is 17.5 Å². The predicted molar refractivity (Wildman–Crippen MR) is 103 cm³/mol. The van der Waals surface area contributed by atoms with Crippen LogP contribution in [0.1, 0.15) is 12.5 Å². The zero-order chi connectivity index (χ0) is 22.7. The second-order valence-electron chi connectivity index (χ2n) is 6.66. The van der Waals surface area contributed by atoms with E-state index >= 15 is 0 Å². The Balaban J connectivity index is 1.18. The maximum absolute atomic E-state index is 11.8. The summed E-state index contributed by atoms with van der Waals surface area (Å²) in [7, 11) is 0. The molecule has 4 rings (SSSR count). The van der Waals surface area contributed by atoms with Crippen LogP contribution in [-0.4, -0.2) is 64.3 Å². The molecule has 15 heteroatoms. The lowest BCUT2D eigenvalue weighted by Crippen LogP contribution is -2.29. The van der Waals surface area contributed by atoms with Crippen LogP contribution in [0.15, 0.2) is 34.1 Å². The molecule has 2 aliphatic heterocycles.